The van der Waals surface area contributed by atoms with E-state index in [9.17, 15) is 4.79 Å². The molecular formula is C19H26ClFN4O. The van der Waals surface area contributed by atoms with Gasteiger partial charge in [0.1, 0.15) is 5.52 Å². The number of piperazine rings is 1. The van der Waals surface area contributed by atoms with E-state index in [1.807, 2.05) is 25.7 Å². The standard InChI is InChI=1S/C19H26ClFN4O/c1-5-19(3,4)17(26)18-22-13-11-12(20)16(14(21)15(13)23-18)25-9-7-24(6-2)8-10-25/h11H,5-10H2,1-4H3,(H,22,23). The van der Waals surface area contributed by atoms with Crippen molar-refractivity contribution in [1.82, 2.24) is 14.9 Å². The van der Waals surface area contributed by atoms with Gasteiger partial charge in [0, 0.05) is 31.6 Å². The minimum absolute atomic E-state index is 0.121. The van der Waals surface area contributed by atoms with Gasteiger partial charge in [-0.25, -0.2) is 9.37 Å². The number of anilines is 1. The van der Waals surface area contributed by atoms with Crippen molar-refractivity contribution < 1.29 is 9.18 Å². The molecule has 1 fully saturated rings. The maximum atomic E-state index is 15.2. The summed E-state index contributed by atoms with van der Waals surface area (Å²) in [6.07, 6.45) is 0.680. The van der Waals surface area contributed by atoms with Crippen LogP contribution in [0.5, 0.6) is 0 Å². The Bertz CT molecular complexity index is 825. The molecule has 1 aliphatic heterocycles. The van der Waals surface area contributed by atoms with E-state index in [2.05, 4.69) is 21.8 Å². The molecule has 2 aromatic rings. The van der Waals surface area contributed by atoms with Crippen LogP contribution in [0, 0.1) is 11.2 Å². The number of hydrogen-bond acceptors (Lipinski definition) is 4. The predicted molar refractivity (Wildman–Crippen MR) is 104 cm³/mol. The van der Waals surface area contributed by atoms with Crippen molar-refractivity contribution in [2.75, 3.05) is 37.6 Å². The number of Topliss-reactive ketones (excluding diaryl/α,β-unsaturated/α-hetero) is 1. The molecule has 2 heterocycles. The van der Waals surface area contributed by atoms with Gasteiger partial charge in [0.25, 0.3) is 0 Å². The molecule has 3 rings (SSSR count). The van der Waals surface area contributed by atoms with E-state index in [0.29, 0.717) is 22.6 Å². The van der Waals surface area contributed by atoms with Crippen LogP contribution in [0.25, 0.3) is 11.0 Å². The van der Waals surface area contributed by atoms with Crippen LogP contribution in [0.4, 0.5) is 10.1 Å². The predicted octanol–water partition coefficient (Wildman–Crippen LogP) is 4.12. The van der Waals surface area contributed by atoms with Crippen LogP contribution in [-0.4, -0.2) is 53.4 Å². The number of rotatable bonds is 5. The Balaban J connectivity index is 1.99. The van der Waals surface area contributed by atoms with Gasteiger partial charge in [0.2, 0.25) is 5.78 Å². The summed E-state index contributed by atoms with van der Waals surface area (Å²) in [5.41, 5.74) is 0.472. The van der Waals surface area contributed by atoms with Gasteiger partial charge >= 0.3 is 0 Å². The van der Waals surface area contributed by atoms with Gasteiger partial charge in [0.05, 0.1) is 16.2 Å². The SMILES string of the molecule is CCN1CCN(c2c(Cl)cc3[nH]c(C(=O)C(C)(C)CC)nc3c2F)CC1. The Morgan fingerprint density at radius 3 is 2.54 bits per heavy atom. The number of fused-ring (bicyclic) bond motifs is 1. The third kappa shape index (κ3) is 3.32. The third-order valence-corrected chi connectivity index (χ3v) is 5.78. The van der Waals surface area contributed by atoms with Crippen molar-refractivity contribution in [3.63, 3.8) is 0 Å². The third-order valence-electron chi connectivity index (χ3n) is 5.49. The molecule has 26 heavy (non-hydrogen) atoms. The maximum absolute atomic E-state index is 15.2. The minimum Gasteiger partial charge on any atom is -0.365 e. The van der Waals surface area contributed by atoms with Crippen molar-refractivity contribution in [1.29, 1.82) is 0 Å². The van der Waals surface area contributed by atoms with Crippen LogP contribution >= 0.6 is 11.6 Å². The van der Waals surface area contributed by atoms with E-state index in [0.717, 1.165) is 32.7 Å². The first-order valence-corrected chi connectivity index (χ1v) is 9.56. The Kier molecular flexibility index (Phi) is 5.26. The van der Waals surface area contributed by atoms with E-state index in [1.165, 1.54) is 0 Å². The largest absolute Gasteiger partial charge is 0.365 e. The molecule has 0 saturated carbocycles. The molecule has 0 atom stereocenters. The number of nitrogens with one attached hydrogen (secondary N) is 1. The lowest BCUT2D eigenvalue weighted by atomic mass is 9.85. The summed E-state index contributed by atoms with van der Waals surface area (Å²) in [4.78, 5) is 24.2. The number of carbonyl (C=O) groups is 1. The number of aromatic amines is 1. The summed E-state index contributed by atoms with van der Waals surface area (Å²) < 4.78 is 15.2. The van der Waals surface area contributed by atoms with Gasteiger partial charge < -0.3 is 14.8 Å². The van der Waals surface area contributed by atoms with Crippen molar-refractivity contribution in [3.05, 3.63) is 22.7 Å². The van der Waals surface area contributed by atoms with Crippen LogP contribution in [0.3, 0.4) is 0 Å². The van der Waals surface area contributed by atoms with Crippen LogP contribution in [0.2, 0.25) is 5.02 Å². The molecular weight excluding hydrogens is 355 g/mol. The fourth-order valence-electron chi connectivity index (χ4n) is 3.24. The van der Waals surface area contributed by atoms with Gasteiger partial charge in [-0.05, 0) is 19.0 Å². The maximum Gasteiger partial charge on any atom is 0.203 e. The Morgan fingerprint density at radius 2 is 1.96 bits per heavy atom. The number of halogens is 2. The summed E-state index contributed by atoms with van der Waals surface area (Å²) in [6.45, 7) is 12.0. The molecule has 0 amide bonds. The molecule has 1 aromatic carbocycles. The van der Waals surface area contributed by atoms with Gasteiger partial charge in [0.15, 0.2) is 11.6 Å². The Labute approximate surface area is 158 Å². The molecule has 7 heteroatoms. The van der Waals surface area contributed by atoms with Gasteiger partial charge in [-0.15, -0.1) is 0 Å². The van der Waals surface area contributed by atoms with Gasteiger partial charge in [-0.2, -0.15) is 0 Å². The molecule has 142 valence electrons. The molecule has 0 bridgehead atoms. The smallest absolute Gasteiger partial charge is 0.203 e. The number of H-pyrrole nitrogens is 1. The van der Waals surface area contributed by atoms with Crippen molar-refractivity contribution >= 4 is 34.1 Å². The average Bonchev–Trinajstić information content (AvgIpc) is 3.05. The average molecular weight is 381 g/mol. The van der Waals surface area contributed by atoms with Crippen LogP contribution in [0.1, 0.15) is 44.7 Å². The van der Waals surface area contributed by atoms with Crippen molar-refractivity contribution in [2.45, 2.75) is 34.1 Å². The zero-order valence-corrected chi connectivity index (χ0v) is 16.6. The number of likely N-dealkylation sites (N-methyl/N-ethyl adjacent to an activating group) is 1. The van der Waals surface area contributed by atoms with E-state index in [1.54, 1.807) is 6.07 Å². The molecule has 1 aromatic heterocycles. The highest BCUT2D eigenvalue weighted by molar-refractivity contribution is 6.34. The number of imidazole rings is 1. The Morgan fingerprint density at radius 1 is 1.31 bits per heavy atom. The summed E-state index contributed by atoms with van der Waals surface area (Å²) in [7, 11) is 0. The van der Waals surface area contributed by atoms with Crippen molar-refractivity contribution in [2.24, 2.45) is 5.41 Å². The van der Waals surface area contributed by atoms with Crippen molar-refractivity contribution in [3.8, 4) is 0 Å². The lowest BCUT2D eigenvalue weighted by molar-refractivity contribution is 0.0823. The summed E-state index contributed by atoms with van der Waals surface area (Å²) in [6, 6.07) is 1.67. The summed E-state index contributed by atoms with van der Waals surface area (Å²) in [5, 5.41) is 0.345. The number of aromatic nitrogens is 2. The Hall–Kier alpha value is -1.66. The lowest BCUT2D eigenvalue weighted by Crippen LogP contribution is -2.46. The zero-order chi connectivity index (χ0) is 19.1. The number of ketones is 1. The van der Waals surface area contributed by atoms with E-state index in [4.69, 9.17) is 11.6 Å². The summed E-state index contributed by atoms with van der Waals surface area (Å²) in [5.74, 6) is -0.387. The quantitative estimate of drug-likeness (QED) is 0.793. The second kappa shape index (κ2) is 7.16. The second-order valence-corrected chi connectivity index (χ2v) is 7.90. The number of carbonyl (C=O) groups excluding carboxylic acids is 1. The number of hydrogen-bond donors (Lipinski definition) is 1. The lowest BCUT2D eigenvalue weighted by Gasteiger charge is -2.36. The summed E-state index contributed by atoms with van der Waals surface area (Å²) >= 11 is 6.39. The highest BCUT2D eigenvalue weighted by Gasteiger charge is 2.30. The molecule has 1 N–H and O–H groups in total. The van der Waals surface area contributed by atoms with Crippen LogP contribution in [-0.2, 0) is 0 Å². The molecule has 0 radical (unpaired) electrons. The number of benzene rings is 1. The normalized spacial score (nSPS) is 16.5. The molecule has 1 aliphatic rings. The van der Waals surface area contributed by atoms with Gasteiger partial charge in [-0.3, -0.25) is 4.79 Å². The van der Waals surface area contributed by atoms with Crippen LogP contribution < -0.4 is 4.90 Å². The zero-order valence-electron chi connectivity index (χ0n) is 15.8. The molecule has 0 aliphatic carbocycles. The molecule has 0 spiro atoms. The van der Waals surface area contributed by atoms with E-state index < -0.39 is 11.2 Å². The molecule has 5 nitrogen and oxygen atoms in total. The second-order valence-electron chi connectivity index (χ2n) is 7.49. The van der Waals surface area contributed by atoms with E-state index >= 15 is 4.39 Å². The number of nitrogens with zero attached hydrogens (tertiary/aromatic N) is 3. The van der Waals surface area contributed by atoms with Crippen LogP contribution in [0.15, 0.2) is 6.07 Å². The molecule has 1 saturated heterocycles. The minimum atomic E-state index is -0.548. The topological polar surface area (TPSA) is 52.2 Å². The highest BCUT2D eigenvalue weighted by Crippen LogP contribution is 2.35. The molecule has 0 unspecified atom stereocenters. The van der Waals surface area contributed by atoms with Gasteiger partial charge in [-0.1, -0.05) is 39.3 Å². The first-order valence-electron chi connectivity index (χ1n) is 9.18. The first kappa shape index (κ1) is 19.1. The fourth-order valence-corrected chi connectivity index (χ4v) is 3.55. The first-order chi connectivity index (χ1) is 12.3. The highest BCUT2D eigenvalue weighted by atomic mass is 35.5. The fraction of sp³-hybridized carbons (Fsp3) is 0.579. The van der Waals surface area contributed by atoms with E-state index in [-0.39, 0.29) is 17.1 Å². The monoisotopic (exact) mass is 380 g/mol.